The Hall–Kier alpha value is -2.17. The van der Waals surface area contributed by atoms with Crippen LogP contribution in [0.2, 0.25) is 0 Å². The Bertz CT molecular complexity index is 602. The van der Waals surface area contributed by atoms with E-state index < -0.39 is 5.95 Å². The zero-order valence-electron chi connectivity index (χ0n) is 13.8. The molecule has 2 aromatic rings. The van der Waals surface area contributed by atoms with Crippen LogP contribution in [0.1, 0.15) is 43.7 Å². The Morgan fingerprint density at radius 3 is 2.74 bits per heavy atom. The number of benzene rings is 1. The lowest BCUT2D eigenvalue weighted by Crippen LogP contribution is -2.06. The minimum Gasteiger partial charge on any atom is -0.493 e. The predicted molar refractivity (Wildman–Crippen MR) is 90.1 cm³/mol. The summed E-state index contributed by atoms with van der Waals surface area (Å²) in [6, 6.07) is 6.14. The number of unbranched alkanes of at least 4 members (excludes halogenated alkanes) is 3. The van der Waals surface area contributed by atoms with E-state index >= 15 is 0 Å². The molecule has 0 atom stereocenters. The van der Waals surface area contributed by atoms with Crippen LogP contribution in [0.15, 0.2) is 30.6 Å². The van der Waals surface area contributed by atoms with Gasteiger partial charge < -0.3 is 10.1 Å². The Morgan fingerprint density at radius 2 is 2.00 bits per heavy atom. The highest BCUT2D eigenvalue weighted by Crippen LogP contribution is 2.22. The van der Waals surface area contributed by atoms with Gasteiger partial charge >= 0.3 is 0 Å². The average Bonchev–Trinajstić information content (AvgIpc) is 2.55. The maximum atomic E-state index is 12.8. The lowest BCUT2D eigenvalue weighted by atomic mass is 10.1. The molecule has 0 aliphatic carbocycles. The highest BCUT2D eigenvalue weighted by Gasteiger charge is 2.05. The molecule has 23 heavy (non-hydrogen) atoms. The average molecular weight is 317 g/mol. The number of nitrogens with zero attached hydrogens (tertiary/aromatic N) is 2. The van der Waals surface area contributed by atoms with E-state index in [1.807, 2.05) is 19.1 Å². The summed E-state index contributed by atoms with van der Waals surface area (Å²) in [5, 5.41) is 3.14. The number of anilines is 1. The lowest BCUT2D eigenvalue weighted by molar-refractivity contribution is 0.302. The third kappa shape index (κ3) is 5.85. The zero-order valence-corrected chi connectivity index (χ0v) is 13.8. The van der Waals surface area contributed by atoms with Crippen molar-refractivity contribution in [3.05, 3.63) is 47.7 Å². The van der Waals surface area contributed by atoms with Gasteiger partial charge in [-0.15, -0.1) is 0 Å². The molecule has 0 fully saturated rings. The largest absolute Gasteiger partial charge is 0.493 e. The van der Waals surface area contributed by atoms with E-state index in [1.165, 1.54) is 31.0 Å². The van der Waals surface area contributed by atoms with Crippen molar-refractivity contribution in [3.63, 3.8) is 0 Å². The van der Waals surface area contributed by atoms with Crippen LogP contribution in [0.4, 0.5) is 10.2 Å². The Morgan fingerprint density at radius 1 is 1.13 bits per heavy atom. The van der Waals surface area contributed by atoms with Gasteiger partial charge in [-0.25, -0.2) is 9.97 Å². The quantitative estimate of drug-likeness (QED) is 0.692. The van der Waals surface area contributed by atoms with Gasteiger partial charge in [0.15, 0.2) is 0 Å². The molecule has 0 aliphatic rings. The van der Waals surface area contributed by atoms with Crippen molar-refractivity contribution in [2.24, 2.45) is 0 Å². The summed E-state index contributed by atoms with van der Waals surface area (Å²) in [5.41, 5.74) is 2.22. The summed E-state index contributed by atoms with van der Waals surface area (Å²) in [5.74, 6) is 0.854. The number of halogens is 1. The van der Waals surface area contributed by atoms with E-state index in [0.29, 0.717) is 12.4 Å². The molecule has 4 nitrogen and oxygen atoms in total. The summed E-state index contributed by atoms with van der Waals surface area (Å²) < 4.78 is 18.7. The smallest absolute Gasteiger partial charge is 0.231 e. The molecular formula is C18H24FN3O. The minimum atomic E-state index is -0.581. The van der Waals surface area contributed by atoms with Crippen LogP contribution < -0.4 is 10.1 Å². The zero-order chi connectivity index (χ0) is 16.5. The van der Waals surface area contributed by atoms with Crippen molar-refractivity contribution in [3.8, 4) is 5.75 Å². The molecule has 5 heteroatoms. The third-order valence-electron chi connectivity index (χ3n) is 3.56. The molecule has 0 amide bonds. The van der Waals surface area contributed by atoms with E-state index in [2.05, 4.69) is 28.3 Å². The maximum absolute atomic E-state index is 12.8. The number of nitrogens with one attached hydrogen (secondary N) is 1. The molecule has 0 saturated carbocycles. The molecule has 1 aromatic carbocycles. The normalized spacial score (nSPS) is 10.6. The fraction of sp³-hybridized carbons (Fsp3) is 0.444. The summed E-state index contributed by atoms with van der Waals surface area (Å²) in [4.78, 5) is 7.53. The first-order chi connectivity index (χ1) is 11.2. The molecule has 2 rings (SSSR count). The van der Waals surface area contributed by atoms with Crippen molar-refractivity contribution >= 4 is 5.82 Å². The van der Waals surface area contributed by atoms with Gasteiger partial charge in [0.1, 0.15) is 11.6 Å². The monoisotopic (exact) mass is 317 g/mol. The number of aromatic nitrogens is 2. The van der Waals surface area contributed by atoms with E-state index in [-0.39, 0.29) is 0 Å². The summed E-state index contributed by atoms with van der Waals surface area (Å²) in [7, 11) is 0. The minimum absolute atomic E-state index is 0.542. The van der Waals surface area contributed by atoms with E-state index in [4.69, 9.17) is 4.74 Å². The second-order valence-corrected chi connectivity index (χ2v) is 5.60. The first-order valence-corrected chi connectivity index (χ1v) is 8.12. The van der Waals surface area contributed by atoms with Crippen LogP contribution in [0.5, 0.6) is 5.75 Å². The van der Waals surface area contributed by atoms with Gasteiger partial charge in [0.25, 0.3) is 0 Å². The van der Waals surface area contributed by atoms with E-state index in [1.54, 1.807) is 0 Å². The molecule has 0 bridgehead atoms. The Balaban J connectivity index is 1.93. The first-order valence-electron chi connectivity index (χ1n) is 8.12. The topological polar surface area (TPSA) is 47.0 Å². The summed E-state index contributed by atoms with van der Waals surface area (Å²) in [6.07, 6.45) is 7.21. The molecule has 0 saturated heterocycles. The van der Waals surface area contributed by atoms with Crippen molar-refractivity contribution in [1.29, 1.82) is 0 Å². The van der Waals surface area contributed by atoms with Crippen molar-refractivity contribution < 1.29 is 9.13 Å². The fourth-order valence-electron chi connectivity index (χ4n) is 2.24. The van der Waals surface area contributed by atoms with Gasteiger partial charge in [-0.05, 0) is 25.0 Å². The molecule has 124 valence electrons. The van der Waals surface area contributed by atoms with Gasteiger partial charge in [0.05, 0.1) is 19.0 Å². The number of aryl methyl sites for hydroxylation is 1. The van der Waals surface area contributed by atoms with Crippen molar-refractivity contribution in [1.82, 2.24) is 9.97 Å². The van der Waals surface area contributed by atoms with Crippen LogP contribution >= 0.6 is 0 Å². The van der Waals surface area contributed by atoms with Crippen LogP contribution in [-0.2, 0) is 6.54 Å². The predicted octanol–water partition coefficient (Wildman–Crippen LogP) is 4.50. The molecule has 1 N–H and O–H groups in total. The fourth-order valence-corrected chi connectivity index (χ4v) is 2.24. The number of ether oxygens (including phenoxy) is 1. The van der Waals surface area contributed by atoms with Crippen LogP contribution in [-0.4, -0.2) is 16.6 Å². The van der Waals surface area contributed by atoms with Crippen LogP contribution in [0.3, 0.4) is 0 Å². The molecule has 0 radical (unpaired) electrons. The molecule has 0 aliphatic heterocycles. The maximum Gasteiger partial charge on any atom is 0.231 e. The number of hydrogen-bond donors (Lipinski definition) is 1. The van der Waals surface area contributed by atoms with Crippen LogP contribution in [0, 0.1) is 12.9 Å². The van der Waals surface area contributed by atoms with Crippen molar-refractivity contribution in [2.45, 2.75) is 46.1 Å². The highest BCUT2D eigenvalue weighted by molar-refractivity contribution is 5.40. The Kier molecular flexibility index (Phi) is 6.78. The molecular weight excluding hydrogens is 293 g/mol. The van der Waals surface area contributed by atoms with Gasteiger partial charge in [0, 0.05) is 12.1 Å². The lowest BCUT2D eigenvalue weighted by Gasteiger charge is -2.13. The van der Waals surface area contributed by atoms with Gasteiger partial charge in [-0.2, -0.15) is 4.39 Å². The molecule has 1 heterocycles. The van der Waals surface area contributed by atoms with Crippen molar-refractivity contribution in [2.75, 3.05) is 11.9 Å². The second-order valence-electron chi connectivity index (χ2n) is 5.60. The molecule has 1 aromatic heterocycles. The SMILES string of the molecule is CCCCCCOc1cc(C)ccc1CNc1cnc(F)cn1. The number of rotatable bonds is 9. The first kappa shape index (κ1) is 17.2. The standard InChI is InChI=1S/C18H24FN3O/c1-3-4-5-6-9-23-16-10-14(2)7-8-15(16)11-21-18-13-20-17(19)12-22-18/h7-8,10,12-13H,3-6,9,11H2,1-2H3,(H,21,22). The Labute approximate surface area is 137 Å². The van der Waals surface area contributed by atoms with Gasteiger partial charge in [-0.1, -0.05) is 38.3 Å². The molecule has 0 unspecified atom stereocenters. The van der Waals surface area contributed by atoms with E-state index in [0.717, 1.165) is 30.5 Å². The third-order valence-corrected chi connectivity index (χ3v) is 3.56. The summed E-state index contributed by atoms with van der Waals surface area (Å²) >= 11 is 0. The molecule has 0 spiro atoms. The number of hydrogen-bond acceptors (Lipinski definition) is 4. The van der Waals surface area contributed by atoms with E-state index in [9.17, 15) is 4.39 Å². The second kappa shape index (κ2) is 9.08. The van der Waals surface area contributed by atoms with Gasteiger partial charge in [0.2, 0.25) is 5.95 Å². The summed E-state index contributed by atoms with van der Waals surface area (Å²) in [6.45, 7) is 5.54. The van der Waals surface area contributed by atoms with Crippen LogP contribution in [0.25, 0.3) is 0 Å². The van der Waals surface area contributed by atoms with Gasteiger partial charge in [-0.3, -0.25) is 0 Å². The highest BCUT2D eigenvalue weighted by atomic mass is 19.1.